The van der Waals surface area contributed by atoms with Crippen LogP contribution < -0.4 is 5.73 Å². The molecule has 0 saturated carbocycles. The maximum atomic E-state index is 12.2. The van der Waals surface area contributed by atoms with Crippen LogP contribution in [0.15, 0.2) is 47.5 Å². The van der Waals surface area contributed by atoms with Crippen molar-refractivity contribution in [2.75, 3.05) is 0 Å². The number of nitrogens with two attached hydrogens (primary N) is 1. The third-order valence-electron chi connectivity index (χ3n) is 2.81. The molecule has 1 rings (SSSR count). The van der Waals surface area contributed by atoms with Crippen molar-refractivity contribution in [2.45, 2.75) is 33.6 Å². The molecule has 0 saturated heterocycles. The van der Waals surface area contributed by atoms with Crippen molar-refractivity contribution in [3.63, 3.8) is 0 Å². The Hall–Kier alpha value is -1.77. The molecule has 0 aliphatic carbocycles. The van der Waals surface area contributed by atoms with Gasteiger partial charge in [0.15, 0.2) is 0 Å². The van der Waals surface area contributed by atoms with Crippen LogP contribution in [-0.2, 0) is 4.79 Å². The van der Waals surface area contributed by atoms with Crippen molar-refractivity contribution in [3.05, 3.63) is 47.5 Å². The summed E-state index contributed by atoms with van der Waals surface area (Å²) in [6.45, 7) is 9.65. The number of hydrogen-bond donors (Lipinski definition) is 1. The first kappa shape index (κ1) is 13.3. The summed E-state index contributed by atoms with van der Waals surface area (Å²) in [5.41, 5.74) is 8.80. The van der Waals surface area contributed by atoms with Crippen LogP contribution in [0.3, 0.4) is 0 Å². The summed E-state index contributed by atoms with van der Waals surface area (Å²) >= 11 is 0. The van der Waals surface area contributed by atoms with E-state index in [-0.39, 0.29) is 5.91 Å². The van der Waals surface area contributed by atoms with Gasteiger partial charge in [0.2, 0.25) is 0 Å². The first-order valence-corrected chi connectivity index (χ1v) is 5.87. The van der Waals surface area contributed by atoms with Crippen LogP contribution >= 0.6 is 0 Å². The van der Waals surface area contributed by atoms with Crippen molar-refractivity contribution >= 4 is 5.91 Å². The maximum Gasteiger partial charge on any atom is 0.259 e. The summed E-state index contributed by atoms with van der Waals surface area (Å²) in [6.07, 6.45) is 7.19. The van der Waals surface area contributed by atoms with E-state index in [1.54, 1.807) is 18.0 Å². The summed E-state index contributed by atoms with van der Waals surface area (Å²) in [6, 6.07) is 0. The molecular formula is C14H20N2O. The number of allylic oxidation sites excluding steroid dienone is 4. The Balaban J connectivity index is 2.95. The monoisotopic (exact) mass is 232 g/mol. The van der Waals surface area contributed by atoms with Crippen molar-refractivity contribution in [1.29, 1.82) is 0 Å². The molecule has 0 unspecified atom stereocenters. The molecule has 0 bridgehead atoms. The van der Waals surface area contributed by atoms with Crippen molar-refractivity contribution in [2.24, 2.45) is 5.73 Å². The van der Waals surface area contributed by atoms with E-state index in [1.165, 1.54) is 5.57 Å². The summed E-state index contributed by atoms with van der Waals surface area (Å²) < 4.78 is 0. The molecule has 1 amide bonds. The molecule has 1 aliphatic heterocycles. The lowest BCUT2D eigenvalue weighted by Gasteiger charge is -2.24. The van der Waals surface area contributed by atoms with Gasteiger partial charge in [-0.1, -0.05) is 20.4 Å². The van der Waals surface area contributed by atoms with Crippen LogP contribution in [0.5, 0.6) is 0 Å². The predicted molar refractivity (Wildman–Crippen MR) is 70.7 cm³/mol. The Morgan fingerprint density at radius 2 is 2.12 bits per heavy atom. The van der Waals surface area contributed by atoms with Crippen LogP contribution in [0.1, 0.15) is 33.6 Å². The van der Waals surface area contributed by atoms with Gasteiger partial charge in [-0.25, -0.2) is 0 Å². The topological polar surface area (TPSA) is 46.3 Å². The Labute approximate surface area is 103 Å². The molecule has 0 atom stereocenters. The second kappa shape index (κ2) is 5.53. The maximum absolute atomic E-state index is 12.2. The first-order chi connectivity index (χ1) is 8.01. The van der Waals surface area contributed by atoms with Gasteiger partial charge in [-0.3, -0.25) is 9.69 Å². The summed E-state index contributed by atoms with van der Waals surface area (Å²) in [5.74, 6) is -0.0832. The van der Waals surface area contributed by atoms with E-state index >= 15 is 0 Å². The SMILES string of the molecule is C=C1C=C(CC)C=CN1C(=O)/C(CC)=C(/C)N. The van der Waals surface area contributed by atoms with Gasteiger partial charge in [-0.2, -0.15) is 0 Å². The molecule has 0 spiro atoms. The highest BCUT2D eigenvalue weighted by Crippen LogP contribution is 2.21. The standard InChI is InChI=1S/C14H20N2O/c1-5-12-7-8-16(10(3)9-12)14(17)13(6-2)11(4)15/h7-9H,3,5-6,15H2,1-2,4H3/b13-11-. The van der Waals surface area contributed by atoms with Gasteiger partial charge >= 0.3 is 0 Å². The van der Waals surface area contributed by atoms with E-state index in [9.17, 15) is 4.79 Å². The van der Waals surface area contributed by atoms with Gasteiger partial charge in [0, 0.05) is 23.2 Å². The zero-order chi connectivity index (χ0) is 13.0. The predicted octanol–water partition coefficient (Wildman–Crippen LogP) is 2.84. The molecule has 3 nitrogen and oxygen atoms in total. The zero-order valence-corrected chi connectivity index (χ0v) is 10.8. The Morgan fingerprint density at radius 3 is 2.53 bits per heavy atom. The fourth-order valence-electron chi connectivity index (χ4n) is 1.76. The summed E-state index contributed by atoms with van der Waals surface area (Å²) in [7, 11) is 0. The van der Waals surface area contributed by atoms with Gasteiger partial charge in [0.1, 0.15) is 0 Å². The Bertz CT molecular complexity index is 424. The molecule has 92 valence electrons. The smallest absolute Gasteiger partial charge is 0.259 e. The number of rotatable bonds is 3. The molecule has 3 heteroatoms. The second-order valence-corrected chi connectivity index (χ2v) is 4.07. The average Bonchev–Trinajstić information content (AvgIpc) is 2.28. The molecule has 0 aromatic carbocycles. The largest absolute Gasteiger partial charge is 0.402 e. The van der Waals surface area contributed by atoms with Crippen molar-refractivity contribution in [1.82, 2.24) is 4.90 Å². The van der Waals surface area contributed by atoms with Crippen LogP contribution in [-0.4, -0.2) is 10.8 Å². The van der Waals surface area contributed by atoms with E-state index in [1.807, 2.05) is 19.1 Å². The molecule has 0 aromatic rings. The third-order valence-corrected chi connectivity index (χ3v) is 2.81. The highest BCUT2D eigenvalue weighted by atomic mass is 16.2. The van der Waals surface area contributed by atoms with E-state index in [2.05, 4.69) is 13.5 Å². The molecular weight excluding hydrogens is 212 g/mol. The summed E-state index contributed by atoms with van der Waals surface area (Å²) in [4.78, 5) is 13.8. The number of amides is 1. The molecule has 0 fully saturated rings. The van der Waals surface area contributed by atoms with Crippen molar-refractivity contribution < 1.29 is 4.79 Å². The molecule has 2 N–H and O–H groups in total. The van der Waals surface area contributed by atoms with E-state index in [0.29, 0.717) is 23.4 Å². The second-order valence-electron chi connectivity index (χ2n) is 4.07. The number of nitrogens with zero attached hydrogens (tertiary/aromatic N) is 1. The average molecular weight is 232 g/mol. The number of carbonyl (C=O) groups excluding carboxylic acids is 1. The Morgan fingerprint density at radius 1 is 1.47 bits per heavy atom. The minimum atomic E-state index is -0.0832. The fourth-order valence-corrected chi connectivity index (χ4v) is 1.76. The van der Waals surface area contributed by atoms with Crippen LogP contribution in [0.4, 0.5) is 0 Å². The number of hydrogen-bond acceptors (Lipinski definition) is 2. The van der Waals surface area contributed by atoms with E-state index in [4.69, 9.17) is 5.73 Å². The van der Waals surface area contributed by atoms with Gasteiger partial charge in [-0.05, 0) is 37.5 Å². The fraction of sp³-hybridized carbons (Fsp3) is 0.357. The Kier molecular flexibility index (Phi) is 4.32. The molecule has 1 heterocycles. The minimum Gasteiger partial charge on any atom is -0.402 e. The zero-order valence-electron chi connectivity index (χ0n) is 10.8. The van der Waals surface area contributed by atoms with Crippen molar-refractivity contribution in [3.8, 4) is 0 Å². The van der Waals surface area contributed by atoms with Crippen LogP contribution in [0.2, 0.25) is 0 Å². The minimum absolute atomic E-state index is 0.0832. The van der Waals surface area contributed by atoms with Gasteiger partial charge in [0.05, 0.1) is 0 Å². The molecule has 1 aliphatic rings. The summed E-state index contributed by atoms with van der Waals surface area (Å²) in [5, 5.41) is 0. The lowest BCUT2D eigenvalue weighted by atomic mass is 10.1. The molecule has 0 radical (unpaired) electrons. The quantitative estimate of drug-likeness (QED) is 0.760. The highest BCUT2D eigenvalue weighted by Gasteiger charge is 2.20. The lowest BCUT2D eigenvalue weighted by molar-refractivity contribution is -0.123. The van der Waals surface area contributed by atoms with E-state index < -0.39 is 0 Å². The van der Waals surface area contributed by atoms with Gasteiger partial charge in [-0.15, -0.1) is 0 Å². The molecule has 17 heavy (non-hydrogen) atoms. The highest BCUT2D eigenvalue weighted by molar-refractivity contribution is 5.96. The van der Waals surface area contributed by atoms with Gasteiger partial charge < -0.3 is 5.73 Å². The van der Waals surface area contributed by atoms with Crippen LogP contribution in [0, 0.1) is 0 Å². The number of carbonyl (C=O) groups is 1. The first-order valence-electron chi connectivity index (χ1n) is 5.87. The lowest BCUT2D eigenvalue weighted by Crippen LogP contribution is -2.28. The normalized spacial score (nSPS) is 16.8. The van der Waals surface area contributed by atoms with Crippen LogP contribution in [0.25, 0.3) is 0 Å². The molecule has 0 aromatic heterocycles. The van der Waals surface area contributed by atoms with Gasteiger partial charge in [0.25, 0.3) is 5.91 Å². The third kappa shape index (κ3) is 2.87. The van der Waals surface area contributed by atoms with E-state index in [0.717, 1.165) is 6.42 Å².